The van der Waals surface area contributed by atoms with Crippen molar-refractivity contribution in [2.75, 3.05) is 13.1 Å². The average Bonchev–Trinajstić information content (AvgIpc) is 3.02. The summed E-state index contributed by atoms with van der Waals surface area (Å²) in [6.07, 6.45) is 1.15. The predicted molar refractivity (Wildman–Crippen MR) is 87.0 cm³/mol. The van der Waals surface area contributed by atoms with E-state index in [1.54, 1.807) is 16.2 Å². The molecule has 3 heterocycles. The van der Waals surface area contributed by atoms with E-state index in [2.05, 4.69) is 50.6 Å². The molecular weight excluding hydrogens is 340 g/mol. The van der Waals surface area contributed by atoms with E-state index in [1.807, 2.05) is 11.3 Å². The second-order valence-electron chi connectivity index (χ2n) is 4.88. The van der Waals surface area contributed by atoms with Gasteiger partial charge in [0.15, 0.2) is 0 Å². The van der Waals surface area contributed by atoms with Gasteiger partial charge < -0.3 is 5.73 Å². The number of nitrogens with two attached hydrogens (primary N) is 1. The molecule has 0 amide bonds. The lowest BCUT2D eigenvalue weighted by molar-refractivity contribution is 0.141. The average molecular weight is 357 g/mol. The molecule has 2 atom stereocenters. The van der Waals surface area contributed by atoms with Crippen molar-refractivity contribution >= 4 is 38.6 Å². The third kappa shape index (κ3) is 2.54. The van der Waals surface area contributed by atoms with Crippen LogP contribution in [0.15, 0.2) is 27.4 Å². The number of hydrogen-bond acceptors (Lipinski definition) is 4. The standard InChI is InChI=1S/C14H17BrN2S2/c1-9-11-3-5-18-13(11)2-4-17(9)12(7-16)14-6-10(15)8-19-14/h3,5-6,8-9,12H,2,4,7,16H2,1H3. The van der Waals surface area contributed by atoms with Crippen LogP contribution in [0, 0.1) is 0 Å². The van der Waals surface area contributed by atoms with Crippen LogP contribution >= 0.6 is 38.6 Å². The van der Waals surface area contributed by atoms with Gasteiger partial charge in [0, 0.05) is 38.7 Å². The minimum atomic E-state index is 0.333. The fourth-order valence-electron chi connectivity index (χ4n) is 2.87. The van der Waals surface area contributed by atoms with Crippen molar-refractivity contribution in [3.63, 3.8) is 0 Å². The Kier molecular flexibility index (Phi) is 4.10. The van der Waals surface area contributed by atoms with Gasteiger partial charge in [-0.05, 0) is 52.4 Å². The molecule has 2 unspecified atom stereocenters. The normalized spacial score (nSPS) is 21.3. The van der Waals surface area contributed by atoms with Crippen LogP contribution in [0.4, 0.5) is 0 Å². The summed E-state index contributed by atoms with van der Waals surface area (Å²) in [7, 11) is 0. The maximum absolute atomic E-state index is 6.05. The summed E-state index contributed by atoms with van der Waals surface area (Å²) < 4.78 is 1.16. The van der Waals surface area contributed by atoms with Gasteiger partial charge in [-0.3, -0.25) is 4.90 Å². The van der Waals surface area contributed by atoms with Crippen LogP contribution in [-0.4, -0.2) is 18.0 Å². The highest BCUT2D eigenvalue weighted by Crippen LogP contribution is 2.39. The molecule has 0 bridgehead atoms. The van der Waals surface area contributed by atoms with E-state index in [1.165, 1.54) is 10.4 Å². The van der Waals surface area contributed by atoms with Crippen LogP contribution in [-0.2, 0) is 6.42 Å². The second-order valence-corrected chi connectivity index (χ2v) is 7.74. The summed E-state index contributed by atoms with van der Waals surface area (Å²) in [4.78, 5) is 5.46. The number of fused-ring (bicyclic) bond motifs is 1. The Hall–Kier alpha value is -0.200. The lowest BCUT2D eigenvalue weighted by Gasteiger charge is -2.38. The molecule has 1 aliphatic heterocycles. The first kappa shape index (κ1) is 13.8. The molecule has 19 heavy (non-hydrogen) atoms. The Bertz CT molecular complexity index is 563. The second kappa shape index (κ2) is 5.66. The van der Waals surface area contributed by atoms with Gasteiger partial charge in [0.05, 0.1) is 6.04 Å². The summed E-state index contributed by atoms with van der Waals surface area (Å²) in [5.41, 5.74) is 7.55. The maximum Gasteiger partial charge on any atom is 0.0570 e. The highest BCUT2D eigenvalue weighted by Gasteiger charge is 2.30. The minimum Gasteiger partial charge on any atom is -0.329 e. The van der Waals surface area contributed by atoms with Gasteiger partial charge >= 0.3 is 0 Å². The molecule has 0 radical (unpaired) electrons. The van der Waals surface area contributed by atoms with Crippen LogP contribution < -0.4 is 5.73 Å². The predicted octanol–water partition coefficient (Wildman–Crippen LogP) is 4.19. The van der Waals surface area contributed by atoms with Gasteiger partial charge in [-0.1, -0.05) is 0 Å². The molecule has 2 N–H and O–H groups in total. The molecule has 0 spiro atoms. The number of thiophene rings is 2. The van der Waals surface area contributed by atoms with Gasteiger partial charge in [-0.2, -0.15) is 0 Å². The van der Waals surface area contributed by atoms with Crippen molar-refractivity contribution in [1.29, 1.82) is 0 Å². The summed E-state index contributed by atoms with van der Waals surface area (Å²) in [5.74, 6) is 0. The third-order valence-corrected chi connectivity index (χ3v) is 6.66. The van der Waals surface area contributed by atoms with Crippen molar-refractivity contribution in [2.24, 2.45) is 5.73 Å². The smallest absolute Gasteiger partial charge is 0.0570 e. The molecule has 0 saturated carbocycles. The zero-order chi connectivity index (χ0) is 13.4. The summed E-state index contributed by atoms with van der Waals surface area (Å²) in [6.45, 7) is 4.08. The Morgan fingerprint density at radius 2 is 2.37 bits per heavy atom. The number of halogens is 1. The Morgan fingerprint density at radius 3 is 3.05 bits per heavy atom. The van der Waals surface area contributed by atoms with Gasteiger partial charge in [0.2, 0.25) is 0 Å². The van der Waals surface area contributed by atoms with E-state index >= 15 is 0 Å². The molecule has 102 valence electrons. The molecule has 2 aromatic heterocycles. The van der Waals surface area contributed by atoms with E-state index in [9.17, 15) is 0 Å². The summed E-state index contributed by atoms with van der Waals surface area (Å²) >= 11 is 7.22. The summed E-state index contributed by atoms with van der Waals surface area (Å²) in [5, 5.41) is 4.35. The largest absolute Gasteiger partial charge is 0.329 e. The first-order chi connectivity index (χ1) is 9.20. The van der Waals surface area contributed by atoms with Gasteiger partial charge in [-0.25, -0.2) is 0 Å². The molecule has 2 aromatic rings. The SMILES string of the molecule is CC1c2ccsc2CCN1C(CN)c1cc(Br)cs1. The van der Waals surface area contributed by atoms with Crippen LogP contribution in [0.5, 0.6) is 0 Å². The molecule has 0 saturated heterocycles. The fourth-order valence-corrected chi connectivity index (χ4v) is 5.41. The van der Waals surface area contributed by atoms with Crippen LogP contribution in [0.25, 0.3) is 0 Å². The monoisotopic (exact) mass is 356 g/mol. The zero-order valence-corrected chi connectivity index (χ0v) is 14.0. The summed E-state index contributed by atoms with van der Waals surface area (Å²) in [6, 6.07) is 5.27. The minimum absolute atomic E-state index is 0.333. The molecule has 0 fully saturated rings. The number of nitrogens with zero attached hydrogens (tertiary/aromatic N) is 1. The zero-order valence-electron chi connectivity index (χ0n) is 10.8. The Morgan fingerprint density at radius 1 is 1.53 bits per heavy atom. The molecule has 3 rings (SSSR count). The van der Waals surface area contributed by atoms with Crippen molar-refractivity contribution in [3.8, 4) is 0 Å². The lowest BCUT2D eigenvalue weighted by Crippen LogP contribution is -2.39. The highest BCUT2D eigenvalue weighted by atomic mass is 79.9. The molecule has 5 heteroatoms. The van der Waals surface area contributed by atoms with Crippen molar-refractivity contribution in [1.82, 2.24) is 4.90 Å². The van der Waals surface area contributed by atoms with Gasteiger partial charge in [0.25, 0.3) is 0 Å². The van der Waals surface area contributed by atoms with E-state index < -0.39 is 0 Å². The molecular formula is C14H17BrN2S2. The first-order valence-corrected chi connectivity index (χ1v) is 9.02. The molecule has 1 aliphatic rings. The fraction of sp³-hybridized carbons (Fsp3) is 0.429. The maximum atomic E-state index is 6.05. The quantitative estimate of drug-likeness (QED) is 0.893. The van der Waals surface area contributed by atoms with Gasteiger partial charge in [0.1, 0.15) is 0 Å². The van der Waals surface area contributed by atoms with E-state index in [0.717, 1.165) is 17.4 Å². The third-order valence-electron chi connectivity index (χ3n) is 3.86. The first-order valence-electron chi connectivity index (χ1n) is 6.46. The topological polar surface area (TPSA) is 29.3 Å². The van der Waals surface area contributed by atoms with E-state index in [4.69, 9.17) is 5.73 Å². The lowest BCUT2D eigenvalue weighted by atomic mass is 9.98. The van der Waals surface area contributed by atoms with Crippen molar-refractivity contribution in [2.45, 2.75) is 25.4 Å². The Balaban J connectivity index is 1.89. The number of hydrogen-bond donors (Lipinski definition) is 1. The van der Waals surface area contributed by atoms with Crippen LogP contribution in [0.3, 0.4) is 0 Å². The van der Waals surface area contributed by atoms with E-state index in [-0.39, 0.29) is 0 Å². The van der Waals surface area contributed by atoms with Crippen LogP contribution in [0.1, 0.15) is 34.3 Å². The van der Waals surface area contributed by atoms with E-state index in [0.29, 0.717) is 18.6 Å². The van der Waals surface area contributed by atoms with Crippen LogP contribution in [0.2, 0.25) is 0 Å². The highest BCUT2D eigenvalue weighted by molar-refractivity contribution is 9.10. The number of rotatable bonds is 3. The molecule has 0 aliphatic carbocycles. The Labute approximate surface area is 130 Å². The van der Waals surface area contributed by atoms with Gasteiger partial charge in [-0.15, -0.1) is 22.7 Å². The van der Waals surface area contributed by atoms with Crippen molar-refractivity contribution < 1.29 is 0 Å². The molecule has 0 aromatic carbocycles. The van der Waals surface area contributed by atoms with Crippen molar-refractivity contribution in [3.05, 3.63) is 42.7 Å². The molecule has 2 nitrogen and oxygen atoms in total.